The average molecular weight is 556 g/mol. The Morgan fingerprint density at radius 1 is 1.20 bits per heavy atom. The van der Waals surface area contributed by atoms with E-state index in [1.165, 1.54) is 23.6 Å². The molecule has 1 aliphatic heterocycles. The lowest BCUT2D eigenvalue weighted by Crippen LogP contribution is -2.28. The molecule has 1 unspecified atom stereocenters. The fourth-order valence-electron chi connectivity index (χ4n) is 5.02. The lowest BCUT2D eigenvalue weighted by molar-refractivity contribution is 0.0694. The van der Waals surface area contributed by atoms with E-state index in [2.05, 4.69) is 18.7 Å². The van der Waals surface area contributed by atoms with Crippen molar-refractivity contribution in [3.05, 3.63) is 86.8 Å². The fourth-order valence-corrected chi connectivity index (χ4v) is 5.85. The van der Waals surface area contributed by atoms with Crippen molar-refractivity contribution in [1.29, 1.82) is 0 Å². The van der Waals surface area contributed by atoms with Crippen LogP contribution in [0, 0.1) is 12.5 Å². The van der Waals surface area contributed by atoms with Crippen LogP contribution in [0.25, 0.3) is 37.9 Å². The molecule has 40 heavy (non-hydrogen) atoms. The number of ether oxygens (including phenoxy) is 2. The van der Waals surface area contributed by atoms with Gasteiger partial charge in [-0.15, -0.1) is 11.3 Å². The minimum atomic E-state index is -1.23. The Hall–Kier alpha value is -4.26. The van der Waals surface area contributed by atoms with Crippen molar-refractivity contribution < 1.29 is 19.4 Å². The minimum absolute atomic E-state index is 0.0160. The van der Waals surface area contributed by atoms with Crippen LogP contribution in [0.5, 0.6) is 5.75 Å². The van der Waals surface area contributed by atoms with Crippen molar-refractivity contribution in [1.82, 2.24) is 9.55 Å². The van der Waals surface area contributed by atoms with Crippen LogP contribution in [0.4, 0.5) is 5.69 Å². The fraction of sp³-hybridized carbons (Fsp3) is 0.290. The van der Waals surface area contributed by atoms with E-state index in [0.717, 1.165) is 39.4 Å². The predicted molar refractivity (Wildman–Crippen MR) is 155 cm³/mol. The van der Waals surface area contributed by atoms with Crippen LogP contribution in [0.2, 0.25) is 0 Å². The Balaban J connectivity index is 1.64. The maximum Gasteiger partial charge on any atom is 0.341 e. The highest BCUT2D eigenvalue weighted by Crippen LogP contribution is 2.44. The van der Waals surface area contributed by atoms with Crippen molar-refractivity contribution >= 4 is 23.0 Å². The topological polar surface area (TPSA) is 95.0 Å². The second-order valence-electron chi connectivity index (χ2n) is 10.1. The molecular formula is C31H29N3O5S. The van der Waals surface area contributed by atoms with Gasteiger partial charge in [0.15, 0.2) is 11.1 Å². The molecule has 3 heterocycles. The second-order valence-corrected chi connectivity index (χ2v) is 10.9. The molecular weight excluding hydrogens is 526 g/mol. The summed E-state index contributed by atoms with van der Waals surface area (Å²) >= 11 is 1.50. The molecule has 0 spiro atoms. The maximum absolute atomic E-state index is 12.8. The van der Waals surface area contributed by atoms with Gasteiger partial charge >= 0.3 is 5.97 Å². The number of hydrogen-bond donors (Lipinski definition) is 1. The first-order valence-electron chi connectivity index (χ1n) is 13.0. The van der Waals surface area contributed by atoms with Gasteiger partial charge in [-0.3, -0.25) is 4.79 Å². The number of methoxy groups -OCH3 is 1. The molecule has 8 nitrogen and oxygen atoms in total. The number of carboxylic acid groups (broad SMARTS) is 1. The molecule has 0 amide bonds. The molecule has 4 aromatic rings. The lowest BCUT2D eigenvalue weighted by Gasteiger charge is -2.34. The zero-order valence-electron chi connectivity index (χ0n) is 22.5. The third-order valence-corrected chi connectivity index (χ3v) is 8.01. The number of aromatic carboxylic acids is 1. The van der Waals surface area contributed by atoms with Crippen molar-refractivity contribution in [2.75, 3.05) is 20.3 Å². The summed E-state index contributed by atoms with van der Waals surface area (Å²) in [6, 6.07) is 12.8. The van der Waals surface area contributed by atoms with Gasteiger partial charge < -0.3 is 19.1 Å². The number of hydrogen-bond acceptors (Lipinski definition) is 6. The first-order valence-corrected chi connectivity index (χ1v) is 13.9. The molecule has 2 aromatic heterocycles. The number of carboxylic acids is 1. The quantitative estimate of drug-likeness (QED) is 0.182. The summed E-state index contributed by atoms with van der Waals surface area (Å²) in [5.41, 5.74) is 4.86. The van der Waals surface area contributed by atoms with Crippen LogP contribution in [0.1, 0.15) is 42.2 Å². The molecule has 5 rings (SSSR count). The Morgan fingerprint density at radius 3 is 2.65 bits per heavy atom. The molecule has 1 aliphatic rings. The zero-order valence-corrected chi connectivity index (χ0v) is 23.3. The van der Waals surface area contributed by atoms with E-state index in [1.54, 1.807) is 19.2 Å². The molecule has 1 N–H and O–H groups in total. The van der Waals surface area contributed by atoms with Crippen molar-refractivity contribution in [2.24, 2.45) is 5.92 Å². The molecule has 0 aliphatic carbocycles. The smallest absolute Gasteiger partial charge is 0.341 e. The molecule has 0 saturated heterocycles. The predicted octanol–water partition coefficient (Wildman–Crippen LogP) is 6.72. The summed E-state index contributed by atoms with van der Waals surface area (Å²) in [5.74, 6) is -0.318. The maximum atomic E-state index is 12.8. The molecule has 9 heteroatoms. The van der Waals surface area contributed by atoms with Gasteiger partial charge in [0.1, 0.15) is 16.3 Å². The van der Waals surface area contributed by atoms with E-state index >= 15 is 0 Å². The largest absolute Gasteiger partial charge is 0.493 e. The Kier molecular flexibility index (Phi) is 7.83. The molecule has 0 saturated carbocycles. The Bertz CT molecular complexity index is 1660. The summed E-state index contributed by atoms with van der Waals surface area (Å²) in [6.07, 6.45) is 2.89. The van der Waals surface area contributed by atoms with E-state index in [1.807, 2.05) is 34.2 Å². The normalized spacial score (nSPS) is 13.9. The minimum Gasteiger partial charge on any atom is -0.493 e. The van der Waals surface area contributed by atoms with Crippen molar-refractivity contribution in [2.45, 2.75) is 32.7 Å². The van der Waals surface area contributed by atoms with E-state index in [-0.39, 0.29) is 17.5 Å². The van der Waals surface area contributed by atoms with Crippen LogP contribution < -0.4 is 10.2 Å². The number of benzene rings is 2. The SMILES string of the molecule is [C-]#[N+]c1ccc(-c2nc(-c3cc4c(cc3OCCCOC)CC(C(C)C)n3cc(C(=O)O)c(=O)cc3-4)cs2)cc1. The second kappa shape index (κ2) is 11.5. The number of thiazole rings is 1. The molecule has 204 valence electrons. The highest BCUT2D eigenvalue weighted by molar-refractivity contribution is 7.13. The molecule has 1 atom stereocenters. The van der Waals surface area contributed by atoms with Crippen molar-refractivity contribution in [3.8, 4) is 38.8 Å². The average Bonchev–Trinajstić information content (AvgIpc) is 3.44. The summed E-state index contributed by atoms with van der Waals surface area (Å²) in [5, 5.41) is 12.4. The number of nitrogens with zero attached hydrogens (tertiary/aromatic N) is 3. The molecule has 0 radical (unpaired) electrons. The lowest BCUT2D eigenvalue weighted by atomic mass is 9.86. The van der Waals surface area contributed by atoms with E-state index < -0.39 is 11.4 Å². The van der Waals surface area contributed by atoms with Crippen molar-refractivity contribution in [3.63, 3.8) is 0 Å². The molecule has 2 aromatic carbocycles. The van der Waals surface area contributed by atoms with Gasteiger partial charge in [-0.25, -0.2) is 14.6 Å². The third-order valence-electron chi connectivity index (χ3n) is 7.12. The van der Waals surface area contributed by atoms with Gasteiger partial charge in [-0.1, -0.05) is 38.1 Å². The third kappa shape index (κ3) is 5.28. The van der Waals surface area contributed by atoms with Gasteiger partial charge in [0.05, 0.1) is 24.6 Å². The molecule has 0 bridgehead atoms. The standard InChI is InChI=1S/C31H29N3O5S/c1-18(2)26-12-20-13-29(39-11-5-10-38-4)23(14-22(20)27-15-28(35)24(31(36)37)16-34(26)27)25-17-40-30(33-25)19-6-8-21(32-3)9-7-19/h6-9,13-18,26H,5,10-12H2,1-2,4H3,(H,36,37). The monoisotopic (exact) mass is 555 g/mol. The van der Waals surface area contributed by atoms with E-state index in [4.69, 9.17) is 21.0 Å². The highest BCUT2D eigenvalue weighted by Gasteiger charge is 2.29. The number of carbonyl (C=O) groups is 1. The first kappa shape index (κ1) is 27.3. The summed E-state index contributed by atoms with van der Waals surface area (Å²) in [6.45, 7) is 12.4. The Morgan fingerprint density at radius 2 is 1.98 bits per heavy atom. The van der Waals surface area contributed by atoms with Crippen LogP contribution >= 0.6 is 11.3 Å². The van der Waals surface area contributed by atoms with Gasteiger partial charge in [0.2, 0.25) is 0 Å². The van der Waals surface area contributed by atoms with Gasteiger partial charge in [-0.05, 0) is 30.0 Å². The van der Waals surface area contributed by atoms with Crippen LogP contribution in [-0.4, -0.2) is 41.0 Å². The number of aromatic nitrogens is 2. The highest BCUT2D eigenvalue weighted by atomic mass is 32.1. The summed E-state index contributed by atoms with van der Waals surface area (Å²) in [7, 11) is 1.66. The van der Waals surface area contributed by atoms with Gasteiger partial charge in [0, 0.05) is 60.5 Å². The summed E-state index contributed by atoms with van der Waals surface area (Å²) in [4.78, 5) is 32.9. The van der Waals surface area contributed by atoms with Crippen LogP contribution in [0.3, 0.4) is 0 Å². The van der Waals surface area contributed by atoms with E-state index in [0.29, 0.717) is 36.8 Å². The van der Waals surface area contributed by atoms with E-state index in [9.17, 15) is 14.7 Å². The Labute approximate surface area is 236 Å². The first-order chi connectivity index (χ1) is 19.3. The van der Waals surface area contributed by atoms with Gasteiger partial charge in [0.25, 0.3) is 0 Å². The number of fused-ring (bicyclic) bond motifs is 3. The van der Waals surface area contributed by atoms with Gasteiger partial charge in [-0.2, -0.15) is 0 Å². The summed E-state index contributed by atoms with van der Waals surface area (Å²) < 4.78 is 13.4. The number of rotatable bonds is 9. The van der Waals surface area contributed by atoms with Crippen LogP contribution in [0.15, 0.2) is 58.8 Å². The zero-order chi connectivity index (χ0) is 28.4. The molecule has 0 fully saturated rings. The number of pyridine rings is 1. The van der Waals surface area contributed by atoms with Crippen LogP contribution in [-0.2, 0) is 11.2 Å².